The molecule has 2 aromatic rings. The molecule has 0 bridgehead atoms. The van der Waals surface area contributed by atoms with E-state index in [1.807, 2.05) is 6.07 Å². The third kappa shape index (κ3) is 4.14. The van der Waals surface area contributed by atoms with Gasteiger partial charge in [0.2, 0.25) is 0 Å². The van der Waals surface area contributed by atoms with Crippen LogP contribution in [0.15, 0.2) is 40.1 Å². The molecular formula is C15H19NS2. The van der Waals surface area contributed by atoms with Crippen LogP contribution in [0.1, 0.15) is 39.0 Å². The fourth-order valence-electron chi connectivity index (χ4n) is 1.76. The van der Waals surface area contributed by atoms with Gasteiger partial charge in [-0.15, -0.1) is 11.3 Å². The molecule has 3 heteroatoms. The van der Waals surface area contributed by atoms with Gasteiger partial charge in [-0.25, -0.2) is 4.98 Å². The van der Waals surface area contributed by atoms with Crippen LogP contribution in [0.4, 0.5) is 0 Å². The number of thiazole rings is 1. The van der Waals surface area contributed by atoms with Crippen LogP contribution in [0, 0.1) is 0 Å². The first-order valence-corrected chi connectivity index (χ1v) is 8.27. The summed E-state index contributed by atoms with van der Waals surface area (Å²) in [5.74, 6) is 0. The van der Waals surface area contributed by atoms with E-state index in [0.717, 1.165) is 9.86 Å². The fourth-order valence-corrected chi connectivity index (χ4v) is 3.59. The minimum absolute atomic E-state index is 1.11. The Bertz CT molecular complexity index is 469. The van der Waals surface area contributed by atoms with Crippen molar-refractivity contribution in [2.24, 2.45) is 0 Å². The number of hydrogen-bond donors (Lipinski definition) is 0. The average Bonchev–Trinajstić information content (AvgIpc) is 2.80. The lowest BCUT2D eigenvalue weighted by molar-refractivity contribution is 0.675. The molecule has 0 fully saturated rings. The van der Waals surface area contributed by atoms with Crippen LogP contribution in [-0.4, -0.2) is 4.98 Å². The van der Waals surface area contributed by atoms with Crippen molar-refractivity contribution in [1.82, 2.24) is 4.98 Å². The molecule has 96 valence electrons. The van der Waals surface area contributed by atoms with E-state index in [1.54, 1.807) is 23.1 Å². The minimum atomic E-state index is 1.11. The SMILES string of the molecule is CCCCCC/C=C/Sc1nc2ccccc2s1. The van der Waals surface area contributed by atoms with Crippen molar-refractivity contribution in [3.63, 3.8) is 0 Å². The Morgan fingerprint density at radius 3 is 2.94 bits per heavy atom. The number of hydrogen-bond acceptors (Lipinski definition) is 3. The van der Waals surface area contributed by atoms with Crippen LogP contribution in [0.3, 0.4) is 0 Å². The Balaban J connectivity index is 1.77. The van der Waals surface area contributed by atoms with E-state index in [2.05, 4.69) is 41.6 Å². The molecule has 0 saturated carbocycles. The summed E-state index contributed by atoms with van der Waals surface area (Å²) in [5, 5.41) is 2.18. The molecule has 1 nitrogen and oxygen atoms in total. The van der Waals surface area contributed by atoms with Crippen molar-refractivity contribution in [2.45, 2.75) is 43.4 Å². The van der Waals surface area contributed by atoms with Gasteiger partial charge in [0.15, 0.2) is 4.34 Å². The van der Waals surface area contributed by atoms with Crippen molar-refractivity contribution in [2.75, 3.05) is 0 Å². The second kappa shape index (κ2) is 7.59. The van der Waals surface area contributed by atoms with E-state index >= 15 is 0 Å². The standard InChI is InChI=1S/C15H19NS2/c1-2-3-4-5-6-9-12-17-15-16-13-10-7-8-11-14(13)18-15/h7-12H,2-6H2,1H3/b12-9+. The molecule has 1 aromatic carbocycles. The molecule has 0 atom stereocenters. The molecule has 2 rings (SSSR count). The Morgan fingerprint density at radius 2 is 2.11 bits per heavy atom. The normalized spacial score (nSPS) is 11.6. The lowest BCUT2D eigenvalue weighted by Crippen LogP contribution is -1.73. The van der Waals surface area contributed by atoms with Crippen LogP contribution in [0.5, 0.6) is 0 Å². The van der Waals surface area contributed by atoms with Crippen molar-refractivity contribution in [3.05, 3.63) is 35.7 Å². The smallest absolute Gasteiger partial charge is 0.155 e. The van der Waals surface area contributed by atoms with Gasteiger partial charge in [-0.3, -0.25) is 0 Å². The van der Waals surface area contributed by atoms with Crippen LogP contribution < -0.4 is 0 Å². The number of aromatic nitrogens is 1. The molecule has 0 aliphatic carbocycles. The number of fused-ring (bicyclic) bond motifs is 1. The zero-order valence-corrected chi connectivity index (χ0v) is 12.4. The summed E-state index contributed by atoms with van der Waals surface area (Å²) in [7, 11) is 0. The van der Waals surface area contributed by atoms with E-state index < -0.39 is 0 Å². The number of para-hydroxylation sites is 1. The molecule has 1 aromatic heterocycles. The van der Waals surface area contributed by atoms with Crippen LogP contribution in [0.25, 0.3) is 10.2 Å². The molecule has 0 spiro atoms. The lowest BCUT2D eigenvalue weighted by atomic mass is 10.2. The Morgan fingerprint density at radius 1 is 1.22 bits per heavy atom. The average molecular weight is 277 g/mol. The molecule has 1 heterocycles. The lowest BCUT2D eigenvalue weighted by Gasteiger charge is -1.93. The van der Waals surface area contributed by atoms with Gasteiger partial charge < -0.3 is 0 Å². The van der Waals surface area contributed by atoms with Gasteiger partial charge in [0.1, 0.15) is 0 Å². The summed E-state index contributed by atoms with van der Waals surface area (Å²) in [5.41, 5.74) is 1.11. The molecular weight excluding hydrogens is 258 g/mol. The van der Waals surface area contributed by atoms with E-state index in [1.165, 1.54) is 36.8 Å². The minimum Gasteiger partial charge on any atom is -0.229 e. The first kappa shape index (κ1) is 13.6. The topological polar surface area (TPSA) is 12.9 Å². The van der Waals surface area contributed by atoms with Crippen LogP contribution in [-0.2, 0) is 0 Å². The molecule has 0 radical (unpaired) electrons. The molecule has 0 aliphatic heterocycles. The van der Waals surface area contributed by atoms with Crippen molar-refractivity contribution < 1.29 is 0 Å². The van der Waals surface area contributed by atoms with Crippen LogP contribution in [0.2, 0.25) is 0 Å². The molecule has 0 amide bonds. The largest absolute Gasteiger partial charge is 0.229 e. The molecule has 18 heavy (non-hydrogen) atoms. The first-order chi connectivity index (χ1) is 8.90. The van der Waals surface area contributed by atoms with Gasteiger partial charge in [0.25, 0.3) is 0 Å². The highest BCUT2D eigenvalue weighted by Crippen LogP contribution is 2.29. The van der Waals surface area contributed by atoms with Gasteiger partial charge in [0.05, 0.1) is 10.2 Å². The summed E-state index contributed by atoms with van der Waals surface area (Å²) >= 11 is 3.51. The maximum atomic E-state index is 4.59. The highest BCUT2D eigenvalue weighted by atomic mass is 32.2. The molecule has 0 unspecified atom stereocenters. The predicted molar refractivity (Wildman–Crippen MR) is 83.4 cm³/mol. The summed E-state index contributed by atoms with van der Waals surface area (Å²) in [6.45, 7) is 2.25. The highest BCUT2D eigenvalue weighted by Gasteiger charge is 2.00. The number of allylic oxidation sites excluding steroid dienone is 1. The molecule has 0 N–H and O–H groups in total. The van der Waals surface area contributed by atoms with Crippen molar-refractivity contribution in [1.29, 1.82) is 0 Å². The highest BCUT2D eigenvalue weighted by molar-refractivity contribution is 8.03. The number of thioether (sulfide) groups is 1. The van der Waals surface area contributed by atoms with Gasteiger partial charge in [-0.2, -0.15) is 0 Å². The van der Waals surface area contributed by atoms with Gasteiger partial charge in [0, 0.05) is 0 Å². The van der Waals surface area contributed by atoms with E-state index in [4.69, 9.17) is 0 Å². The van der Waals surface area contributed by atoms with Crippen molar-refractivity contribution in [3.8, 4) is 0 Å². The fraction of sp³-hybridized carbons (Fsp3) is 0.400. The second-order valence-corrected chi connectivity index (χ2v) is 6.47. The Labute approximate surface area is 117 Å². The number of nitrogens with zero attached hydrogens (tertiary/aromatic N) is 1. The summed E-state index contributed by atoms with van der Waals surface area (Å²) in [4.78, 5) is 4.59. The number of rotatable bonds is 7. The van der Waals surface area contributed by atoms with Gasteiger partial charge in [-0.1, -0.05) is 56.2 Å². The first-order valence-electron chi connectivity index (χ1n) is 6.57. The Hall–Kier alpha value is -0.800. The zero-order chi connectivity index (χ0) is 12.6. The maximum Gasteiger partial charge on any atom is 0.155 e. The van der Waals surface area contributed by atoms with Crippen molar-refractivity contribution >= 4 is 33.3 Å². The molecule has 0 aliphatic rings. The van der Waals surface area contributed by atoms with E-state index in [0.29, 0.717) is 0 Å². The molecule has 0 saturated heterocycles. The second-order valence-electron chi connectivity index (χ2n) is 4.29. The maximum absolute atomic E-state index is 4.59. The summed E-state index contributed by atoms with van der Waals surface area (Å²) < 4.78 is 2.41. The number of unbranched alkanes of at least 4 members (excludes halogenated alkanes) is 4. The van der Waals surface area contributed by atoms with E-state index in [9.17, 15) is 0 Å². The summed E-state index contributed by atoms with van der Waals surface area (Å²) in [6.07, 6.45) is 8.80. The third-order valence-corrected chi connectivity index (χ3v) is 4.75. The quantitative estimate of drug-likeness (QED) is 0.463. The van der Waals surface area contributed by atoms with Gasteiger partial charge in [-0.05, 0) is 30.4 Å². The third-order valence-electron chi connectivity index (χ3n) is 2.76. The summed E-state index contributed by atoms with van der Waals surface area (Å²) in [6, 6.07) is 8.31. The monoisotopic (exact) mass is 277 g/mol. The van der Waals surface area contributed by atoms with Crippen LogP contribution >= 0.6 is 23.1 Å². The zero-order valence-electron chi connectivity index (χ0n) is 10.8. The Kier molecular flexibility index (Phi) is 5.75. The van der Waals surface area contributed by atoms with E-state index in [-0.39, 0.29) is 0 Å². The van der Waals surface area contributed by atoms with Gasteiger partial charge >= 0.3 is 0 Å². The number of benzene rings is 1. The predicted octanol–water partition coefficient (Wildman–Crippen LogP) is 5.87.